The molecule has 0 aliphatic carbocycles. The van der Waals surface area contributed by atoms with Crippen LogP contribution in [0.4, 0.5) is 0 Å². The minimum Gasteiger partial charge on any atom is -0.459 e. The Bertz CT molecular complexity index is 842. The number of halogens is 1. The van der Waals surface area contributed by atoms with E-state index < -0.39 is 0 Å². The number of carbonyl (C=O) groups excluding carboxylic acids is 1. The van der Waals surface area contributed by atoms with Gasteiger partial charge in [0.15, 0.2) is 5.76 Å². The van der Waals surface area contributed by atoms with Gasteiger partial charge in [0.25, 0.3) is 5.91 Å². The molecule has 0 bridgehead atoms. The van der Waals surface area contributed by atoms with Gasteiger partial charge in [0.2, 0.25) is 11.7 Å². The number of benzene rings is 1. The van der Waals surface area contributed by atoms with Crippen LogP contribution >= 0.6 is 15.9 Å². The van der Waals surface area contributed by atoms with E-state index in [9.17, 15) is 4.79 Å². The Labute approximate surface area is 146 Å². The number of hydrogen-bond acceptors (Lipinski definition) is 5. The highest BCUT2D eigenvalue weighted by Crippen LogP contribution is 2.33. The molecular weight excluding hydrogens is 374 g/mol. The van der Waals surface area contributed by atoms with Crippen LogP contribution in [0.25, 0.3) is 11.4 Å². The van der Waals surface area contributed by atoms with Crippen molar-refractivity contribution in [3.8, 4) is 11.4 Å². The number of furan rings is 1. The number of rotatable bonds is 3. The monoisotopic (exact) mass is 387 g/mol. The Morgan fingerprint density at radius 3 is 2.83 bits per heavy atom. The van der Waals surface area contributed by atoms with Gasteiger partial charge in [-0.2, -0.15) is 4.98 Å². The van der Waals surface area contributed by atoms with Crippen LogP contribution in [0, 0.1) is 0 Å². The fraction of sp³-hybridized carbons (Fsp3) is 0.235. The molecule has 3 heterocycles. The lowest BCUT2D eigenvalue weighted by Crippen LogP contribution is -2.30. The molecule has 0 saturated carbocycles. The van der Waals surface area contributed by atoms with Crippen LogP contribution < -0.4 is 0 Å². The molecule has 1 atom stereocenters. The molecule has 122 valence electrons. The molecule has 0 N–H and O–H groups in total. The summed E-state index contributed by atoms with van der Waals surface area (Å²) in [4.78, 5) is 18.8. The number of hydrogen-bond donors (Lipinski definition) is 0. The van der Waals surface area contributed by atoms with Crippen molar-refractivity contribution in [1.82, 2.24) is 15.0 Å². The van der Waals surface area contributed by atoms with E-state index in [1.807, 2.05) is 24.3 Å². The normalized spacial score (nSPS) is 17.4. The minimum absolute atomic E-state index is 0.147. The zero-order chi connectivity index (χ0) is 16.5. The Kier molecular flexibility index (Phi) is 3.93. The zero-order valence-corrected chi connectivity index (χ0v) is 14.3. The molecule has 1 unspecified atom stereocenters. The van der Waals surface area contributed by atoms with Gasteiger partial charge < -0.3 is 13.8 Å². The molecule has 24 heavy (non-hydrogen) atoms. The molecule has 7 heteroatoms. The second kappa shape index (κ2) is 6.24. The maximum Gasteiger partial charge on any atom is 0.290 e. The third-order valence-corrected chi connectivity index (χ3v) is 4.60. The highest BCUT2D eigenvalue weighted by molar-refractivity contribution is 9.10. The Balaban J connectivity index is 1.59. The molecule has 0 radical (unpaired) electrons. The number of carbonyl (C=O) groups is 1. The lowest BCUT2D eigenvalue weighted by atomic mass is 10.2. The maximum atomic E-state index is 12.5. The van der Waals surface area contributed by atoms with E-state index in [1.54, 1.807) is 17.0 Å². The van der Waals surface area contributed by atoms with Gasteiger partial charge in [0.05, 0.1) is 6.26 Å². The maximum absolute atomic E-state index is 12.5. The van der Waals surface area contributed by atoms with Gasteiger partial charge in [0, 0.05) is 16.6 Å². The lowest BCUT2D eigenvalue weighted by Gasteiger charge is -2.20. The highest BCUT2D eigenvalue weighted by Gasteiger charge is 2.35. The molecular formula is C17H14BrN3O3. The fourth-order valence-electron chi connectivity index (χ4n) is 2.90. The molecule has 1 aliphatic heterocycles. The molecule has 1 amide bonds. The van der Waals surface area contributed by atoms with E-state index >= 15 is 0 Å². The quantitative estimate of drug-likeness (QED) is 0.677. The van der Waals surface area contributed by atoms with E-state index in [0.717, 1.165) is 22.9 Å². The molecule has 4 rings (SSSR count). The second-order valence-corrected chi connectivity index (χ2v) is 6.51. The smallest absolute Gasteiger partial charge is 0.290 e. The lowest BCUT2D eigenvalue weighted by molar-refractivity contribution is 0.0678. The van der Waals surface area contributed by atoms with Gasteiger partial charge in [-0.25, -0.2) is 0 Å². The Morgan fingerprint density at radius 2 is 2.08 bits per heavy atom. The summed E-state index contributed by atoms with van der Waals surface area (Å²) in [5.41, 5.74) is 0.870. The van der Waals surface area contributed by atoms with E-state index in [4.69, 9.17) is 8.94 Å². The van der Waals surface area contributed by atoms with Crippen LogP contribution in [0.1, 0.15) is 35.3 Å². The molecule has 1 aromatic carbocycles. The highest BCUT2D eigenvalue weighted by atomic mass is 79.9. The van der Waals surface area contributed by atoms with E-state index in [2.05, 4.69) is 26.1 Å². The van der Waals surface area contributed by atoms with Gasteiger partial charge in [0.1, 0.15) is 6.04 Å². The predicted octanol–water partition coefficient (Wildman–Crippen LogP) is 4.07. The van der Waals surface area contributed by atoms with Gasteiger partial charge >= 0.3 is 0 Å². The SMILES string of the molecule is O=C(c1ccco1)N1CCCC1c1nc(-c2ccc(Br)cc2)no1. The van der Waals surface area contributed by atoms with Crippen molar-refractivity contribution in [3.63, 3.8) is 0 Å². The molecule has 0 spiro atoms. The van der Waals surface area contributed by atoms with E-state index in [0.29, 0.717) is 24.0 Å². The number of likely N-dealkylation sites (tertiary alicyclic amines) is 1. The number of amides is 1. The predicted molar refractivity (Wildman–Crippen MR) is 89.2 cm³/mol. The Hall–Kier alpha value is -2.41. The number of nitrogens with zero attached hydrogens (tertiary/aromatic N) is 3. The van der Waals surface area contributed by atoms with E-state index in [1.165, 1.54) is 6.26 Å². The Morgan fingerprint density at radius 1 is 1.25 bits per heavy atom. The average molecular weight is 388 g/mol. The fourth-order valence-corrected chi connectivity index (χ4v) is 3.16. The standard InChI is InChI=1S/C17H14BrN3O3/c18-12-7-5-11(6-8-12)15-19-16(24-20-15)13-3-1-9-21(13)17(22)14-4-2-10-23-14/h2,4-8,10,13H,1,3,9H2. The van der Waals surface area contributed by atoms with Crippen molar-refractivity contribution < 1.29 is 13.7 Å². The summed E-state index contributed by atoms with van der Waals surface area (Å²) < 4.78 is 11.6. The first-order chi connectivity index (χ1) is 11.7. The summed E-state index contributed by atoms with van der Waals surface area (Å²) in [6, 6.07) is 10.8. The molecule has 1 saturated heterocycles. The minimum atomic E-state index is -0.209. The number of aromatic nitrogens is 2. The first-order valence-corrected chi connectivity index (χ1v) is 8.46. The van der Waals surface area contributed by atoms with Crippen molar-refractivity contribution in [1.29, 1.82) is 0 Å². The van der Waals surface area contributed by atoms with Gasteiger partial charge in [-0.1, -0.05) is 21.1 Å². The summed E-state index contributed by atoms with van der Waals surface area (Å²) in [6.07, 6.45) is 3.19. The van der Waals surface area contributed by atoms with Crippen LogP contribution in [0.5, 0.6) is 0 Å². The second-order valence-electron chi connectivity index (χ2n) is 5.60. The molecule has 1 aliphatic rings. The van der Waals surface area contributed by atoms with Crippen molar-refractivity contribution >= 4 is 21.8 Å². The summed E-state index contributed by atoms with van der Waals surface area (Å²) in [5.74, 6) is 1.17. The van der Waals surface area contributed by atoms with Crippen molar-refractivity contribution in [2.45, 2.75) is 18.9 Å². The van der Waals surface area contributed by atoms with Crippen molar-refractivity contribution in [2.75, 3.05) is 6.54 Å². The summed E-state index contributed by atoms with van der Waals surface area (Å²) in [7, 11) is 0. The van der Waals surface area contributed by atoms with Crippen LogP contribution in [0.2, 0.25) is 0 Å². The summed E-state index contributed by atoms with van der Waals surface area (Å²) in [5, 5.41) is 4.05. The van der Waals surface area contributed by atoms with Crippen LogP contribution in [-0.4, -0.2) is 27.5 Å². The third-order valence-electron chi connectivity index (χ3n) is 4.07. The van der Waals surface area contributed by atoms with E-state index in [-0.39, 0.29) is 11.9 Å². The molecule has 2 aromatic heterocycles. The van der Waals surface area contributed by atoms with Crippen LogP contribution in [-0.2, 0) is 0 Å². The van der Waals surface area contributed by atoms with Crippen LogP contribution in [0.15, 0.2) is 56.1 Å². The zero-order valence-electron chi connectivity index (χ0n) is 12.7. The van der Waals surface area contributed by atoms with Gasteiger partial charge in [-0.05, 0) is 49.2 Å². The first kappa shape index (κ1) is 15.1. The topological polar surface area (TPSA) is 72.4 Å². The van der Waals surface area contributed by atoms with Gasteiger partial charge in [-0.15, -0.1) is 0 Å². The van der Waals surface area contributed by atoms with Crippen molar-refractivity contribution in [3.05, 3.63) is 58.8 Å². The molecule has 3 aromatic rings. The largest absolute Gasteiger partial charge is 0.459 e. The summed E-state index contributed by atoms with van der Waals surface area (Å²) >= 11 is 3.40. The first-order valence-electron chi connectivity index (χ1n) is 7.66. The molecule has 1 fully saturated rings. The molecule has 6 nitrogen and oxygen atoms in total. The summed E-state index contributed by atoms with van der Waals surface area (Å²) in [6.45, 7) is 0.653. The third kappa shape index (κ3) is 2.75. The van der Waals surface area contributed by atoms with Crippen molar-refractivity contribution in [2.24, 2.45) is 0 Å². The van der Waals surface area contributed by atoms with Crippen LogP contribution in [0.3, 0.4) is 0 Å². The average Bonchev–Trinajstić information content (AvgIpc) is 3.34. The van der Waals surface area contributed by atoms with Gasteiger partial charge in [-0.3, -0.25) is 4.79 Å².